The van der Waals surface area contributed by atoms with Gasteiger partial charge in [-0.05, 0) is 37.0 Å². The lowest BCUT2D eigenvalue weighted by molar-refractivity contribution is -0.134. The van der Waals surface area contributed by atoms with Gasteiger partial charge in [-0.15, -0.1) is 0 Å². The summed E-state index contributed by atoms with van der Waals surface area (Å²) in [5, 5.41) is 8.68. The molecular formula is C13H18O3. The van der Waals surface area contributed by atoms with Gasteiger partial charge >= 0.3 is 5.97 Å². The van der Waals surface area contributed by atoms with Crippen LogP contribution in [0.4, 0.5) is 0 Å². The third kappa shape index (κ3) is 4.45. The van der Waals surface area contributed by atoms with Gasteiger partial charge in [-0.25, -0.2) is 0 Å². The molecule has 0 spiro atoms. The molecule has 0 amide bonds. The number of unbranched alkanes of at least 4 members (excludes halogenated alkanes) is 1. The molecule has 0 atom stereocenters. The zero-order valence-corrected chi connectivity index (χ0v) is 9.61. The van der Waals surface area contributed by atoms with Gasteiger partial charge in [0.1, 0.15) is 5.75 Å². The molecule has 1 rings (SSSR count). The van der Waals surface area contributed by atoms with E-state index in [1.54, 1.807) is 13.0 Å². The highest BCUT2D eigenvalue weighted by Gasteiger charge is 2.02. The first kappa shape index (κ1) is 12.7. The van der Waals surface area contributed by atoms with Crippen LogP contribution in [0.1, 0.15) is 31.7 Å². The molecule has 0 bridgehead atoms. The maximum atomic E-state index is 11.1. The lowest BCUT2D eigenvalue weighted by Crippen LogP contribution is -2.05. The second-order valence-electron chi connectivity index (χ2n) is 3.66. The van der Waals surface area contributed by atoms with Crippen LogP contribution in [-0.4, -0.2) is 17.7 Å². The molecule has 1 aromatic rings. The molecule has 0 fully saturated rings. The minimum Gasteiger partial charge on any atom is -0.427 e. The maximum absolute atomic E-state index is 11.1. The van der Waals surface area contributed by atoms with E-state index in [0.29, 0.717) is 12.2 Å². The van der Waals surface area contributed by atoms with Crippen LogP contribution >= 0.6 is 0 Å². The third-order valence-corrected chi connectivity index (χ3v) is 2.29. The van der Waals surface area contributed by atoms with E-state index in [9.17, 15) is 4.79 Å². The normalized spacial score (nSPS) is 10.1. The number of carbonyl (C=O) groups is 1. The number of carbonyl (C=O) groups excluding carboxylic acids is 1. The summed E-state index contributed by atoms with van der Waals surface area (Å²) in [6.45, 7) is 2.00. The highest BCUT2D eigenvalue weighted by atomic mass is 16.5. The van der Waals surface area contributed by atoms with E-state index >= 15 is 0 Å². The van der Waals surface area contributed by atoms with Gasteiger partial charge in [0.15, 0.2) is 0 Å². The van der Waals surface area contributed by atoms with Crippen molar-refractivity contribution in [2.24, 2.45) is 0 Å². The predicted octanol–water partition coefficient (Wildman–Crippen LogP) is 2.32. The van der Waals surface area contributed by atoms with Gasteiger partial charge in [0.05, 0.1) is 0 Å². The van der Waals surface area contributed by atoms with Crippen LogP contribution in [0.5, 0.6) is 5.75 Å². The number of aliphatic hydroxyl groups excluding tert-OH is 1. The number of esters is 1. The molecular weight excluding hydrogens is 204 g/mol. The van der Waals surface area contributed by atoms with Crippen molar-refractivity contribution < 1.29 is 14.6 Å². The number of aliphatic hydroxyl groups is 1. The minimum atomic E-state index is -0.215. The quantitative estimate of drug-likeness (QED) is 0.456. The molecule has 88 valence electrons. The number of hydrogen-bond acceptors (Lipinski definition) is 3. The van der Waals surface area contributed by atoms with E-state index in [2.05, 4.69) is 0 Å². The Morgan fingerprint density at radius 1 is 1.38 bits per heavy atom. The lowest BCUT2D eigenvalue weighted by atomic mass is 10.1. The Hall–Kier alpha value is -1.35. The predicted molar refractivity (Wildman–Crippen MR) is 62.4 cm³/mol. The highest BCUT2D eigenvalue weighted by molar-refractivity contribution is 5.71. The molecule has 0 saturated heterocycles. The van der Waals surface area contributed by atoms with Crippen molar-refractivity contribution >= 4 is 5.97 Å². The Labute approximate surface area is 96.1 Å². The van der Waals surface area contributed by atoms with Gasteiger partial charge in [-0.2, -0.15) is 0 Å². The van der Waals surface area contributed by atoms with Gasteiger partial charge in [0, 0.05) is 13.0 Å². The average Bonchev–Trinajstić information content (AvgIpc) is 2.30. The molecule has 0 heterocycles. The number of ether oxygens (including phenoxy) is 1. The number of aryl methyl sites for hydroxylation is 1. The zero-order valence-electron chi connectivity index (χ0n) is 9.61. The summed E-state index contributed by atoms with van der Waals surface area (Å²) in [4.78, 5) is 11.1. The molecule has 3 heteroatoms. The van der Waals surface area contributed by atoms with Crippen molar-refractivity contribution in [2.75, 3.05) is 6.61 Å². The Morgan fingerprint density at radius 2 is 2.19 bits per heavy atom. The van der Waals surface area contributed by atoms with Gasteiger partial charge in [0.2, 0.25) is 0 Å². The molecule has 0 unspecified atom stereocenters. The van der Waals surface area contributed by atoms with Gasteiger partial charge in [-0.1, -0.05) is 19.1 Å². The van der Waals surface area contributed by atoms with E-state index in [1.807, 2.05) is 18.2 Å². The SMILES string of the molecule is CCC(=O)Oc1cccc(CCCCO)c1. The minimum absolute atomic E-state index is 0.215. The molecule has 1 aromatic carbocycles. The Balaban J connectivity index is 2.53. The summed E-state index contributed by atoms with van der Waals surface area (Å²) in [6, 6.07) is 7.54. The van der Waals surface area contributed by atoms with Crippen LogP contribution in [0.2, 0.25) is 0 Å². The molecule has 0 radical (unpaired) electrons. The number of hydrogen-bond donors (Lipinski definition) is 1. The van der Waals surface area contributed by atoms with E-state index < -0.39 is 0 Å². The summed E-state index contributed by atoms with van der Waals surface area (Å²) in [5.74, 6) is 0.390. The summed E-state index contributed by atoms with van der Waals surface area (Å²) >= 11 is 0. The summed E-state index contributed by atoms with van der Waals surface area (Å²) < 4.78 is 5.12. The van der Waals surface area contributed by atoms with Crippen LogP contribution in [0, 0.1) is 0 Å². The molecule has 0 aliphatic rings. The molecule has 0 aliphatic carbocycles. The summed E-state index contributed by atoms with van der Waals surface area (Å²) in [6.07, 6.45) is 3.04. The second-order valence-corrected chi connectivity index (χ2v) is 3.66. The van der Waals surface area contributed by atoms with Crippen LogP contribution in [0.15, 0.2) is 24.3 Å². The van der Waals surface area contributed by atoms with Crippen molar-refractivity contribution in [1.82, 2.24) is 0 Å². The van der Waals surface area contributed by atoms with Crippen molar-refractivity contribution in [3.05, 3.63) is 29.8 Å². The Kier molecular flexibility index (Phi) is 5.57. The number of benzene rings is 1. The van der Waals surface area contributed by atoms with Crippen molar-refractivity contribution in [3.8, 4) is 5.75 Å². The van der Waals surface area contributed by atoms with Crippen LogP contribution in [0.25, 0.3) is 0 Å². The van der Waals surface area contributed by atoms with Gasteiger partial charge < -0.3 is 9.84 Å². The van der Waals surface area contributed by atoms with Crippen molar-refractivity contribution in [2.45, 2.75) is 32.6 Å². The van der Waals surface area contributed by atoms with Gasteiger partial charge in [0.25, 0.3) is 0 Å². The fourth-order valence-electron chi connectivity index (χ4n) is 1.41. The highest BCUT2D eigenvalue weighted by Crippen LogP contribution is 2.15. The first-order valence-electron chi connectivity index (χ1n) is 5.66. The number of rotatable bonds is 6. The largest absolute Gasteiger partial charge is 0.427 e. The first-order chi connectivity index (χ1) is 7.76. The van der Waals surface area contributed by atoms with E-state index in [0.717, 1.165) is 24.8 Å². The molecule has 1 N–H and O–H groups in total. The van der Waals surface area contributed by atoms with E-state index in [4.69, 9.17) is 9.84 Å². The molecule has 0 aromatic heterocycles. The molecule has 0 aliphatic heterocycles. The lowest BCUT2D eigenvalue weighted by Gasteiger charge is -2.05. The smallest absolute Gasteiger partial charge is 0.310 e. The molecule has 16 heavy (non-hydrogen) atoms. The van der Waals surface area contributed by atoms with Crippen LogP contribution in [-0.2, 0) is 11.2 Å². The average molecular weight is 222 g/mol. The van der Waals surface area contributed by atoms with Gasteiger partial charge in [-0.3, -0.25) is 4.79 Å². The Bertz CT molecular complexity index is 334. The fourth-order valence-corrected chi connectivity index (χ4v) is 1.41. The third-order valence-electron chi connectivity index (χ3n) is 2.29. The van der Waals surface area contributed by atoms with E-state index in [-0.39, 0.29) is 12.6 Å². The van der Waals surface area contributed by atoms with Crippen LogP contribution < -0.4 is 4.74 Å². The maximum Gasteiger partial charge on any atom is 0.310 e. The fraction of sp³-hybridized carbons (Fsp3) is 0.462. The monoisotopic (exact) mass is 222 g/mol. The second kappa shape index (κ2) is 7.01. The zero-order chi connectivity index (χ0) is 11.8. The Morgan fingerprint density at radius 3 is 2.88 bits per heavy atom. The van der Waals surface area contributed by atoms with Crippen molar-refractivity contribution in [3.63, 3.8) is 0 Å². The van der Waals surface area contributed by atoms with E-state index in [1.165, 1.54) is 0 Å². The molecule has 0 saturated carbocycles. The topological polar surface area (TPSA) is 46.5 Å². The summed E-state index contributed by atoms with van der Waals surface area (Å²) in [7, 11) is 0. The molecule has 3 nitrogen and oxygen atoms in total. The standard InChI is InChI=1S/C13H18O3/c1-2-13(15)16-12-8-5-7-11(10-12)6-3-4-9-14/h5,7-8,10,14H,2-4,6,9H2,1H3. The first-order valence-corrected chi connectivity index (χ1v) is 5.66. The van der Waals surface area contributed by atoms with Crippen molar-refractivity contribution in [1.29, 1.82) is 0 Å². The summed E-state index contributed by atoms with van der Waals surface area (Å²) in [5.41, 5.74) is 1.13. The van der Waals surface area contributed by atoms with Crippen LogP contribution in [0.3, 0.4) is 0 Å².